The predicted molar refractivity (Wildman–Crippen MR) is 101 cm³/mol. The summed E-state index contributed by atoms with van der Waals surface area (Å²) >= 11 is 0. The van der Waals surface area contributed by atoms with Gasteiger partial charge in [-0.3, -0.25) is 0 Å². The third-order valence-corrected chi connectivity index (χ3v) is 3.54. The third kappa shape index (κ3) is 9.24. The molecule has 2 N–H and O–H groups in total. The van der Waals surface area contributed by atoms with E-state index in [-0.39, 0.29) is 0 Å². The van der Waals surface area contributed by atoms with Crippen LogP contribution >= 0.6 is 0 Å². The maximum atomic E-state index is 4.67. The monoisotopic (exact) mass is 318 g/mol. The van der Waals surface area contributed by atoms with Crippen LogP contribution in [0, 0.1) is 5.92 Å². The molecule has 1 aromatic rings. The van der Waals surface area contributed by atoms with Gasteiger partial charge in [-0.2, -0.15) is 0 Å². The number of nitrogens with zero attached hydrogens (tertiary/aromatic N) is 2. The third-order valence-electron chi connectivity index (χ3n) is 3.54. The van der Waals surface area contributed by atoms with E-state index < -0.39 is 0 Å². The standard InChI is InChI=1S/C19H34N4/c1-6-20-19(21-13-7-8-16(2)3)22-14-17-9-11-18(12-10-17)15-23(4)5/h9-12,16H,6-8,13-15H2,1-5H3,(H2,20,21,22). The van der Waals surface area contributed by atoms with Gasteiger partial charge in [0.05, 0.1) is 6.54 Å². The molecule has 0 saturated heterocycles. The first kappa shape index (κ1) is 19.5. The molecule has 0 amide bonds. The van der Waals surface area contributed by atoms with E-state index in [1.165, 1.54) is 24.0 Å². The van der Waals surface area contributed by atoms with Crippen LogP contribution in [-0.4, -0.2) is 38.0 Å². The molecule has 0 radical (unpaired) electrons. The van der Waals surface area contributed by atoms with Crippen LogP contribution in [0.4, 0.5) is 0 Å². The highest BCUT2D eigenvalue weighted by molar-refractivity contribution is 5.79. The van der Waals surface area contributed by atoms with Crippen molar-refractivity contribution >= 4 is 5.96 Å². The van der Waals surface area contributed by atoms with Gasteiger partial charge < -0.3 is 15.5 Å². The smallest absolute Gasteiger partial charge is 0.191 e. The fourth-order valence-corrected chi connectivity index (χ4v) is 2.34. The van der Waals surface area contributed by atoms with Crippen LogP contribution in [0.2, 0.25) is 0 Å². The maximum absolute atomic E-state index is 4.67. The van der Waals surface area contributed by atoms with E-state index in [0.29, 0.717) is 6.54 Å². The molecule has 1 aromatic carbocycles. The van der Waals surface area contributed by atoms with Crippen molar-refractivity contribution in [3.8, 4) is 0 Å². The van der Waals surface area contributed by atoms with E-state index in [9.17, 15) is 0 Å². The first-order chi connectivity index (χ1) is 11.0. The minimum atomic E-state index is 0.710. The van der Waals surface area contributed by atoms with Crippen LogP contribution in [0.1, 0.15) is 44.7 Å². The van der Waals surface area contributed by atoms with E-state index in [1.54, 1.807) is 0 Å². The average molecular weight is 319 g/mol. The Balaban J connectivity index is 2.48. The summed E-state index contributed by atoms with van der Waals surface area (Å²) in [7, 11) is 4.18. The fourth-order valence-electron chi connectivity index (χ4n) is 2.34. The molecule has 130 valence electrons. The Labute approximate surface area is 142 Å². The second-order valence-corrected chi connectivity index (χ2v) is 6.71. The van der Waals surface area contributed by atoms with E-state index in [2.05, 4.69) is 79.7 Å². The molecule has 23 heavy (non-hydrogen) atoms. The van der Waals surface area contributed by atoms with Gasteiger partial charge in [-0.05, 0) is 50.9 Å². The summed E-state index contributed by atoms with van der Waals surface area (Å²) in [6.07, 6.45) is 2.43. The van der Waals surface area contributed by atoms with Gasteiger partial charge in [0.25, 0.3) is 0 Å². The van der Waals surface area contributed by atoms with Crippen molar-refractivity contribution in [3.63, 3.8) is 0 Å². The molecule has 0 aliphatic heterocycles. The van der Waals surface area contributed by atoms with Crippen molar-refractivity contribution < 1.29 is 0 Å². The minimum absolute atomic E-state index is 0.710. The fraction of sp³-hybridized carbons (Fsp3) is 0.632. The molecule has 4 nitrogen and oxygen atoms in total. The van der Waals surface area contributed by atoms with E-state index in [0.717, 1.165) is 31.5 Å². The van der Waals surface area contributed by atoms with Crippen LogP contribution in [0.3, 0.4) is 0 Å². The second kappa shape index (κ2) is 11.1. The molecule has 0 aliphatic rings. The first-order valence-corrected chi connectivity index (χ1v) is 8.76. The van der Waals surface area contributed by atoms with Crippen LogP contribution in [-0.2, 0) is 13.1 Å². The molecule has 4 heteroatoms. The summed E-state index contributed by atoms with van der Waals surface area (Å²) in [4.78, 5) is 6.85. The van der Waals surface area contributed by atoms with Gasteiger partial charge in [-0.1, -0.05) is 38.1 Å². The van der Waals surface area contributed by atoms with Gasteiger partial charge in [-0.15, -0.1) is 0 Å². The number of benzene rings is 1. The number of nitrogens with one attached hydrogen (secondary N) is 2. The van der Waals surface area contributed by atoms with Crippen molar-refractivity contribution in [3.05, 3.63) is 35.4 Å². The zero-order valence-electron chi connectivity index (χ0n) is 15.5. The SMILES string of the molecule is CCNC(=NCc1ccc(CN(C)C)cc1)NCCCC(C)C. The lowest BCUT2D eigenvalue weighted by Gasteiger charge is -2.12. The predicted octanol–water partition coefficient (Wildman–Crippen LogP) is 3.24. The largest absolute Gasteiger partial charge is 0.357 e. The number of hydrogen-bond donors (Lipinski definition) is 2. The average Bonchev–Trinajstić information content (AvgIpc) is 2.49. The van der Waals surface area contributed by atoms with Gasteiger partial charge in [-0.25, -0.2) is 4.99 Å². The van der Waals surface area contributed by atoms with E-state index >= 15 is 0 Å². The Morgan fingerprint density at radius 3 is 2.30 bits per heavy atom. The highest BCUT2D eigenvalue weighted by atomic mass is 15.2. The number of guanidine groups is 1. The summed E-state index contributed by atoms with van der Waals surface area (Å²) in [6.45, 7) is 10.2. The molecular weight excluding hydrogens is 284 g/mol. The molecular formula is C19H34N4. The maximum Gasteiger partial charge on any atom is 0.191 e. The molecule has 0 aromatic heterocycles. The molecule has 0 fully saturated rings. The lowest BCUT2D eigenvalue weighted by Crippen LogP contribution is -2.37. The Morgan fingerprint density at radius 1 is 1.09 bits per heavy atom. The van der Waals surface area contributed by atoms with Gasteiger partial charge >= 0.3 is 0 Å². The minimum Gasteiger partial charge on any atom is -0.357 e. The summed E-state index contributed by atoms with van der Waals surface area (Å²) < 4.78 is 0. The highest BCUT2D eigenvalue weighted by Crippen LogP contribution is 2.07. The lowest BCUT2D eigenvalue weighted by molar-refractivity contribution is 0.402. The number of hydrogen-bond acceptors (Lipinski definition) is 2. The van der Waals surface area contributed by atoms with Gasteiger partial charge in [0.15, 0.2) is 5.96 Å². The summed E-state index contributed by atoms with van der Waals surface area (Å²) in [6, 6.07) is 8.72. The molecule has 0 aliphatic carbocycles. The number of rotatable bonds is 9. The molecule has 0 atom stereocenters. The quantitative estimate of drug-likeness (QED) is 0.417. The summed E-state index contributed by atoms with van der Waals surface area (Å²) in [5, 5.41) is 6.73. The molecule has 0 bridgehead atoms. The molecule has 0 saturated carbocycles. The van der Waals surface area contributed by atoms with Gasteiger partial charge in [0, 0.05) is 19.6 Å². The van der Waals surface area contributed by atoms with Crippen LogP contribution in [0.5, 0.6) is 0 Å². The lowest BCUT2D eigenvalue weighted by atomic mass is 10.1. The van der Waals surface area contributed by atoms with Crippen LogP contribution < -0.4 is 10.6 Å². The topological polar surface area (TPSA) is 39.7 Å². The molecule has 0 unspecified atom stereocenters. The zero-order chi connectivity index (χ0) is 17.1. The first-order valence-electron chi connectivity index (χ1n) is 8.76. The Kier molecular flexibility index (Phi) is 9.37. The molecule has 0 spiro atoms. The molecule has 1 rings (SSSR count). The van der Waals surface area contributed by atoms with Crippen LogP contribution in [0.15, 0.2) is 29.3 Å². The van der Waals surface area contributed by atoms with Crippen molar-refractivity contribution in [1.82, 2.24) is 15.5 Å². The number of aliphatic imine (C=N–C) groups is 1. The van der Waals surface area contributed by atoms with E-state index in [4.69, 9.17) is 0 Å². The normalized spacial score (nSPS) is 12.0. The van der Waals surface area contributed by atoms with Gasteiger partial charge in [0.1, 0.15) is 0 Å². The van der Waals surface area contributed by atoms with E-state index in [1.807, 2.05) is 0 Å². The van der Waals surface area contributed by atoms with Gasteiger partial charge in [0.2, 0.25) is 0 Å². The summed E-state index contributed by atoms with van der Waals surface area (Å²) in [5.74, 6) is 1.67. The Morgan fingerprint density at radius 2 is 1.74 bits per heavy atom. The van der Waals surface area contributed by atoms with Crippen molar-refractivity contribution in [2.24, 2.45) is 10.9 Å². The second-order valence-electron chi connectivity index (χ2n) is 6.71. The van der Waals surface area contributed by atoms with Crippen molar-refractivity contribution in [2.75, 3.05) is 27.2 Å². The van der Waals surface area contributed by atoms with Crippen molar-refractivity contribution in [2.45, 2.75) is 46.7 Å². The Bertz CT molecular complexity index is 449. The van der Waals surface area contributed by atoms with Crippen molar-refractivity contribution in [1.29, 1.82) is 0 Å². The molecule has 0 heterocycles. The summed E-state index contributed by atoms with van der Waals surface area (Å²) in [5.41, 5.74) is 2.58. The highest BCUT2D eigenvalue weighted by Gasteiger charge is 2.00. The zero-order valence-corrected chi connectivity index (χ0v) is 15.5. The Hall–Kier alpha value is -1.55. The van der Waals surface area contributed by atoms with Crippen LogP contribution in [0.25, 0.3) is 0 Å².